The highest BCUT2D eigenvalue weighted by Gasteiger charge is 2.48. The Morgan fingerprint density at radius 3 is 2.48 bits per heavy atom. The number of rotatable bonds is 6. The molecule has 5 rings (SSSR count). The first-order valence-corrected chi connectivity index (χ1v) is 14.0. The number of hydrogen-bond donors (Lipinski definition) is 1. The number of anilines is 1. The van der Waals surface area contributed by atoms with Crippen molar-refractivity contribution in [3.63, 3.8) is 0 Å². The zero-order valence-electron chi connectivity index (χ0n) is 24.0. The van der Waals surface area contributed by atoms with Gasteiger partial charge in [-0.15, -0.1) is 0 Å². The molecule has 15 heteroatoms. The molecule has 1 amide bonds. The summed E-state index contributed by atoms with van der Waals surface area (Å²) in [6, 6.07) is 3.00. The summed E-state index contributed by atoms with van der Waals surface area (Å²) in [5, 5.41) is 10.5. The first-order chi connectivity index (χ1) is 20.8. The van der Waals surface area contributed by atoms with Crippen molar-refractivity contribution in [1.82, 2.24) is 19.9 Å². The molecular formula is C29H27ClF5N5O4. The number of phenolic OH excluding ortho intramolecular Hbond substituents is 1. The standard InChI is InChI=1S/C29H27ClF5N5O4/c1-5-15-12-39(11-13(3)40(15)27(42)29(33,34)35)25-20-24(37-28(38-25)43-4)22(32)23(36-26(20)44-6-2)17-10-16(41)9-14-7-8-18(31)21(30)19(14)17/h7-10,13,15,41H,5-6,11-12H2,1-4H3. The predicted octanol–water partition coefficient (Wildman–Crippen LogP) is 6.27. The number of pyridine rings is 1. The molecule has 1 N–H and O–H groups in total. The number of ether oxygens (including phenoxy) is 2. The molecule has 1 aliphatic rings. The molecule has 1 aliphatic heterocycles. The topological polar surface area (TPSA) is 101 Å². The van der Waals surface area contributed by atoms with Gasteiger partial charge in [0.2, 0.25) is 5.88 Å². The zero-order valence-corrected chi connectivity index (χ0v) is 24.7. The first-order valence-electron chi connectivity index (χ1n) is 13.6. The average molecular weight is 640 g/mol. The van der Waals surface area contributed by atoms with Gasteiger partial charge in [-0.3, -0.25) is 4.79 Å². The number of piperazine rings is 1. The van der Waals surface area contributed by atoms with E-state index < -0.39 is 35.8 Å². The molecule has 2 atom stereocenters. The Hall–Kier alpha value is -4.20. The van der Waals surface area contributed by atoms with Crippen molar-refractivity contribution >= 4 is 45.0 Å². The predicted molar refractivity (Wildman–Crippen MR) is 153 cm³/mol. The van der Waals surface area contributed by atoms with Crippen molar-refractivity contribution in [3.8, 4) is 28.9 Å². The summed E-state index contributed by atoms with van der Waals surface area (Å²) in [5.74, 6) is -4.03. The number of halogens is 6. The van der Waals surface area contributed by atoms with Gasteiger partial charge in [0.15, 0.2) is 5.82 Å². The molecule has 0 bridgehead atoms. The van der Waals surface area contributed by atoms with E-state index in [0.717, 1.165) is 11.0 Å². The first kappa shape index (κ1) is 31.2. The van der Waals surface area contributed by atoms with Crippen LogP contribution < -0.4 is 14.4 Å². The van der Waals surface area contributed by atoms with Crippen molar-refractivity contribution in [2.24, 2.45) is 0 Å². The van der Waals surface area contributed by atoms with E-state index in [1.807, 2.05) is 0 Å². The van der Waals surface area contributed by atoms with E-state index >= 15 is 4.39 Å². The Labute approximate surface area is 253 Å². The quantitative estimate of drug-likeness (QED) is 0.247. The lowest BCUT2D eigenvalue weighted by Crippen LogP contribution is -2.62. The number of hydrogen-bond acceptors (Lipinski definition) is 8. The highest BCUT2D eigenvalue weighted by atomic mass is 35.5. The van der Waals surface area contributed by atoms with Crippen LogP contribution in [0, 0.1) is 11.6 Å². The Bertz CT molecular complexity index is 1770. The van der Waals surface area contributed by atoms with Gasteiger partial charge in [-0.25, -0.2) is 13.8 Å². The van der Waals surface area contributed by atoms with Crippen molar-refractivity contribution < 1.29 is 41.3 Å². The Morgan fingerprint density at radius 2 is 1.84 bits per heavy atom. The molecule has 4 aromatic rings. The fraction of sp³-hybridized carbons (Fsp3) is 0.379. The summed E-state index contributed by atoms with van der Waals surface area (Å²) >= 11 is 6.29. The summed E-state index contributed by atoms with van der Waals surface area (Å²) in [6.07, 6.45) is -4.86. The fourth-order valence-electron chi connectivity index (χ4n) is 5.61. The number of carbonyl (C=O) groups is 1. The van der Waals surface area contributed by atoms with E-state index in [1.54, 1.807) is 18.7 Å². The number of phenols is 1. The fourth-order valence-corrected chi connectivity index (χ4v) is 5.88. The number of amides is 1. The summed E-state index contributed by atoms with van der Waals surface area (Å²) in [5.41, 5.74) is -0.705. The summed E-state index contributed by atoms with van der Waals surface area (Å²) in [7, 11) is 1.26. The monoisotopic (exact) mass is 639 g/mol. The number of aromatic hydroxyl groups is 1. The summed E-state index contributed by atoms with van der Waals surface area (Å²) < 4.78 is 82.4. The maximum Gasteiger partial charge on any atom is 0.471 e. The van der Waals surface area contributed by atoms with Crippen LogP contribution in [0.25, 0.3) is 32.9 Å². The molecule has 1 saturated heterocycles. The number of methoxy groups -OCH3 is 1. The van der Waals surface area contributed by atoms with Gasteiger partial charge in [0, 0.05) is 36.1 Å². The van der Waals surface area contributed by atoms with Gasteiger partial charge < -0.3 is 24.4 Å². The maximum atomic E-state index is 16.6. The van der Waals surface area contributed by atoms with Crippen molar-refractivity contribution in [1.29, 1.82) is 0 Å². The lowest BCUT2D eigenvalue weighted by molar-refractivity contribution is -0.190. The number of alkyl halides is 3. The van der Waals surface area contributed by atoms with Crippen LogP contribution in [-0.2, 0) is 4.79 Å². The minimum Gasteiger partial charge on any atom is -0.508 e. The van der Waals surface area contributed by atoms with Crippen molar-refractivity contribution in [3.05, 3.63) is 40.9 Å². The molecule has 1 fully saturated rings. The highest BCUT2D eigenvalue weighted by Crippen LogP contribution is 2.43. The van der Waals surface area contributed by atoms with Crippen LogP contribution in [-0.4, -0.2) is 75.9 Å². The van der Waals surface area contributed by atoms with E-state index in [-0.39, 0.29) is 82.1 Å². The number of fused-ring (bicyclic) bond motifs is 2. The molecule has 2 aromatic heterocycles. The Morgan fingerprint density at radius 1 is 1.11 bits per heavy atom. The third-order valence-electron chi connectivity index (χ3n) is 7.45. The van der Waals surface area contributed by atoms with Gasteiger partial charge >= 0.3 is 18.1 Å². The van der Waals surface area contributed by atoms with Gasteiger partial charge in [0.25, 0.3) is 0 Å². The average Bonchev–Trinajstić information content (AvgIpc) is 2.98. The second-order valence-electron chi connectivity index (χ2n) is 10.2. The molecule has 0 radical (unpaired) electrons. The van der Waals surface area contributed by atoms with Crippen molar-refractivity contribution in [2.75, 3.05) is 31.7 Å². The van der Waals surface area contributed by atoms with Gasteiger partial charge in [-0.05, 0) is 43.9 Å². The minimum atomic E-state index is -5.05. The van der Waals surface area contributed by atoms with E-state index in [9.17, 15) is 27.5 Å². The third-order valence-corrected chi connectivity index (χ3v) is 7.82. The molecule has 2 unspecified atom stereocenters. The molecular weight excluding hydrogens is 613 g/mol. The maximum absolute atomic E-state index is 16.6. The SMILES string of the molecule is CCOc1nc(-c2cc(O)cc3ccc(F)c(Cl)c23)c(F)c2nc(OC)nc(N3CC(C)N(C(=O)C(F)(F)F)C(CC)C3)c12. The smallest absolute Gasteiger partial charge is 0.471 e. The molecule has 9 nitrogen and oxygen atoms in total. The van der Waals surface area contributed by atoms with Crippen LogP contribution in [0.5, 0.6) is 17.6 Å². The van der Waals surface area contributed by atoms with Gasteiger partial charge in [-0.1, -0.05) is 24.6 Å². The minimum absolute atomic E-state index is 0.00767. The van der Waals surface area contributed by atoms with E-state index in [2.05, 4.69) is 15.0 Å². The molecule has 0 saturated carbocycles. The number of nitrogens with zero attached hydrogens (tertiary/aromatic N) is 5. The summed E-state index contributed by atoms with van der Waals surface area (Å²) in [4.78, 5) is 27.8. The molecule has 0 spiro atoms. The van der Waals surface area contributed by atoms with Crippen molar-refractivity contribution in [2.45, 2.75) is 45.5 Å². The lowest BCUT2D eigenvalue weighted by Gasteiger charge is -2.46. The lowest BCUT2D eigenvalue weighted by atomic mass is 9.99. The Balaban J connectivity index is 1.75. The number of carbonyl (C=O) groups excluding carboxylic acids is 1. The van der Waals surface area contributed by atoms with Crippen LogP contribution in [0.1, 0.15) is 27.2 Å². The highest BCUT2D eigenvalue weighted by molar-refractivity contribution is 6.37. The van der Waals surface area contributed by atoms with E-state index in [0.29, 0.717) is 5.39 Å². The van der Waals surface area contributed by atoms with E-state index in [1.165, 1.54) is 32.2 Å². The third kappa shape index (κ3) is 5.35. The van der Waals surface area contributed by atoms with Gasteiger partial charge in [-0.2, -0.15) is 23.1 Å². The van der Waals surface area contributed by atoms with Gasteiger partial charge in [0.05, 0.1) is 18.7 Å². The van der Waals surface area contributed by atoms with Gasteiger partial charge in [0.1, 0.15) is 34.0 Å². The van der Waals surface area contributed by atoms with E-state index in [4.69, 9.17) is 21.1 Å². The normalized spacial score (nSPS) is 17.4. The van der Waals surface area contributed by atoms with Crippen LogP contribution in [0.3, 0.4) is 0 Å². The largest absolute Gasteiger partial charge is 0.508 e. The number of aromatic nitrogens is 3. The summed E-state index contributed by atoms with van der Waals surface area (Å²) in [6.45, 7) is 4.70. The molecule has 0 aliphatic carbocycles. The molecule has 234 valence electrons. The molecule has 44 heavy (non-hydrogen) atoms. The van der Waals surface area contributed by atoms with Crippen LogP contribution in [0.2, 0.25) is 5.02 Å². The van der Waals surface area contributed by atoms with Crippen LogP contribution >= 0.6 is 11.6 Å². The Kier molecular flexibility index (Phi) is 8.31. The second kappa shape index (κ2) is 11.7. The van der Waals surface area contributed by atoms with Crippen LogP contribution in [0.4, 0.5) is 27.8 Å². The second-order valence-corrected chi connectivity index (χ2v) is 10.6. The zero-order chi connectivity index (χ0) is 32.1. The number of benzene rings is 2. The molecule has 3 heterocycles. The molecule has 2 aromatic carbocycles. The van der Waals surface area contributed by atoms with Crippen LogP contribution in [0.15, 0.2) is 24.3 Å².